The van der Waals surface area contributed by atoms with Gasteiger partial charge in [-0.15, -0.1) is 0 Å². The van der Waals surface area contributed by atoms with Gasteiger partial charge in [0.2, 0.25) is 11.8 Å². The van der Waals surface area contributed by atoms with Crippen molar-refractivity contribution in [2.45, 2.75) is 57.9 Å². The van der Waals surface area contributed by atoms with Crippen molar-refractivity contribution >= 4 is 23.3 Å². The molecule has 1 N–H and O–H groups in total. The minimum Gasteiger partial charge on any atom is -0.363 e. The molecule has 3 rings (SSSR count). The average Bonchev–Trinajstić information content (AvgIpc) is 2.55. The third kappa shape index (κ3) is 3.83. The van der Waals surface area contributed by atoms with Gasteiger partial charge < -0.3 is 4.90 Å². The third-order valence-corrected chi connectivity index (χ3v) is 4.97. The Morgan fingerprint density at radius 3 is 2.42 bits per heavy atom. The standard InChI is InChI=1S/C18H22N2O3.CH4/c1-20(16-9-10-17(22)19-18(16)23)14-4-2-3-13(11-14)12-5-7-15(21)8-6-12;/h2-4,11-12,16H,5-10H2,1H3,(H,19,22,23);1H4. The fourth-order valence-electron chi connectivity index (χ4n) is 3.50. The van der Waals surface area contributed by atoms with Crippen LogP contribution in [0.25, 0.3) is 0 Å². The van der Waals surface area contributed by atoms with Crippen molar-refractivity contribution in [1.29, 1.82) is 0 Å². The van der Waals surface area contributed by atoms with Crippen LogP contribution in [0.4, 0.5) is 5.69 Å². The minimum atomic E-state index is -0.309. The highest BCUT2D eigenvalue weighted by Gasteiger charge is 2.30. The van der Waals surface area contributed by atoms with E-state index in [0.29, 0.717) is 37.4 Å². The van der Waals surface area contributed by atoms with Gasteiger partial charge in [0.25, 0.3) is 0 Å². The molecule has 130 valence electrons. The normalized spacial score (nSPS) is 21.9. The fourth-order valence-corrected chi connectivity index (χ4v) is 3.50. The lowest BCUT2D eigenvalue weighted by molar-refractivity contribution is -0.134. The summed E-state index contributed by atoms with van der Waals surface area (Å²) >= 11 is 0. The summed E-state index contributed by atoms with van der Waals surface area (Å²) in [6.45, 7) is 0. The van der Waals surface area contributed by atoms with Crippen LogP contribution in [0.15, 0.2) is 24.3 Å². The number of Topliss-reactive ketones (excluding diaryl/α,β-unsaturated/α-hetero) is 1. The van der Waals surface area contributed by atoms with Crippen molar-refractivity contribution in [3.63, 3.8) is 0 Å². The molecule has 1 saturated carbocycles. The van der Waals surface area contributed by atoms with E-state index in [1.165, 1.54) is 5.56 Å². The van der Waals surface area contributed by atoms with E-state index in [0.717, 1.165) is 18.5 Å². The van der Waals surface area contributed by atoms with Crippen molar-refractivity contribution in [2.75, 3.05) is 11.9 Å². The van der Waals surface area contributed by atoms with Crippen molar-refractivity contribution in [1.82, 2.24) is 5.32 Å². The number of carbonyl (C=O) groups is 3. The lowest BCUT2D eigenvalue weighted by Gasteiger charge is -2.32. The van der Waals surface area contributed by atoms with Crippen LogP contribution < -0.4 is 10.2 Å². The molecule has 1 atom stereocenters. The number of likely N-dealkylation sites (N-methyl/N-ethyl adjacent to an activating group) is 1. The Bertz CT molecular complexity index is 631. The van der Waals surface area contributed by atoms with Crippen LogP contribution in [0.1, 0.15) is 57.4 Å². The molecule has 0 radical (unpaired) electrons. The average molecular weight is 330 g/mol. The number of nitrogens with zero attached hydrogens (tertiary/aromatic N) is 1. The van der Waals surface area contributed by atoms with Gasteiger partial charge in [-0.25, -0.2) is 0 Å². The van der Waals surface area contributed by atoms with Crippen molar-refractivity contribution in [2.24, 2.45) is 0 Å². The minimum absolute atomic E-state index is 0. The van der Waals surface area contributed by atoms with E-state index in [9.17, 15) is 14.4 Å². The number of benzene rings is 1. The molecule has 5 nitrogen and oxygen atoms in total. The summed E-state index contributed by atoms with van der Waals surface area (Å²) in [7, 11) is 1.89. The number of ketones is 1. The Morgan fingerprint density at radius 2 is 1.75 bits per heavy atom. The Kier molecular flexibility index (Phi) is 5.75. The maximum Gasteiger partial charge on any atom is 0.249 e. The topological polar surface area (TPSA) is 66.5 Å². The van der Waals surface area contributed by atoms with Crippen LogP contribution in [0, 0.1) is 0 Å². The number of anilines is 1. The number of carbonyl (C=O) groups excluding carboxylic acids is 3. The van der Waals surface area contributed by atoms with Crippen molar-refractivity contribution in [3.05, 3.63) is 29.8 Å². The molecule has 24 heavy (non-hydrogen) atoms. The van der Waals surface area contributed by atoms with Crippen LogP contribution in [0.5, 0.6) is 0 Å². The number of rotatable bonds is 3. The molecule has 1 aliphatic heterocycles. The summed E-state index contributed by atoms with van der Waals surface area (Å²) in [4.78, 5) is 36.7. The summed E-state index contributed by atoms with van der Waals surface area (Å²) in [5.74, 6) is 0.360. The first-order chi connectivity index (χ1) is 11.0. The fraction of sp³-hybridized carbons (Fsp3) is 0.526. The van der Waals surface area contributed by atoms with Gasteiger partial charge >= 0.3 is 0 Å². The maximum absolute atomic E-state index is 12.0. The molecule has 1 saturated heterocycles. The van der Waals surface area contributed by atoms with Gasteiger partial charge in [-0.05, 0) is 42.9 Å². The smallest absolute Gasteiger partial charge is 0.249 e. The number of hydrogen-bond donors (Lipinski definition) is 1. The molecule has 1 aromatic carbocycles. The largest absolute Gasteiger partial charge is 0.363 e. The van der Waals surface area contributed by atoms with Gasteiger partial charge in [0, 0.05) is 32.0 Å². The van der Waals surface area contributed by atoms with E-state index in [1.807, 2.05) is 24.1 Å². The summed E-state index contributed by atoms with van der Waals surface area (Å²) in [5.41, 5.74) is 2.21. The number of hydrogen-bond acceptors (Lipinski definition) is 4. The Balaban J connectivity index is 0.00000208. The third-order valence-electron chi connectivity index (χ3n) is 4.97. The van der Waals surface area contributed by atoms with Crippen molar-refractivity contribution < 1.29 is 14.4 Å². The summed E-state index contributed by atoms with van der Waals surface area (Å²) in [6, 6.07) is 7.90. The molecule has 0 bridgehead atoms. The molecule has 0 aromatic heterocycles. The molecule has 2 aliphatic rings. The van der Waals surface area contributed by atoms with Crippen LogP contribution >= 0.6 is 0 Å². The highest BCUT2D eigenvalue weighted by molar-refractivity contribution is 6.01. The molecule has 1 heterocycles. The lowest BCUT2D eigenvalue weighted by Crippen LogP contribution is -2.51. The molecule has 1 aliphatic carbocycles. The molecule has 2 fully saturated rings. The SMILES string of the molecule is C.CN(c1cccc(C2CCC(=O)CC2)c1)C1CCC(=O)NC1=O. The summed E-state index contributed by atoms with van der Waals surface area (Å²) in [5, 5.41) is 2.41. The van der Waals surface area contributed by atoms with Gasteiger partial charge in [-0.3, -0.25) is 19.7 Å². The Morgan fingerprint density at radius 1 is 1.04 bits per heavy atom. The van der Waals surface area contributed by atoms with E-state index in [-0.39, 0.29) is 25.3 Å². The molecule has 1 unspecified atom stereocenters. The van der Waals surface area contributed by atoms with Crippen LogP contribution in [-0.4, -0.2) is 30.7 Å². The van der Waals surface area contributed by atoms with Gasteiger partial charge in [0.05, 0.1) is 0 Å². The Labute approximate surface area is 143 Å². The highest BCUT2D eigenvalue weighted by atomic mass is 16.2. The number of nitrogens with one attached hydrogen (secondary N) is 1. The second-order valence-corrected chi connectivity index (χ2v) is 6.49. The predicted molar refractivity (Wildman–Crippen MR) is 94.0 cm³/mol. The van der Waals surface area contributed by atoms with Crippen LogP contribution in [0.2, 0.25) is 0 Å². The van der Waals surface area contributed by atoms with Crippen molar-refractivity contribution in [3.8, 4) is 0 Å². The van der Waals surface area contributed by atoms with Gasteiger partial charge in [-0.2, -0.15) is 0 Å². The molecular formula is C19H26N2O3. The maximum atomic E-state index is 12.0. The molecule has 0 spiro atoms. The molecule has 2 amide bonds. The van der Waals surface area contributed by atoms with Gasteiger partial charge in [-0.1, -0.05) is 19.6 Å². The van der Waals surface area contributed by atoms with Gasteiger partial charge in [0.1, 0.15) is 11.8 Å². The Hall–Kier alpha value is -2.17. The van der Waals surface area contributed by atoms with Gasteiger partial charge in [0.15, 0.2) is 0 Å². The first kappa shape index (κ1) is 18.2. The number of piperidine rings is 1. The zero-order chi connectivity index (χ0) is 16.4. The van der Waals surface area contributed by atoms with E-state index < -0.39 is 0 Å². The highest BCUT2D eigenvalue weighted by Crippen LogP contribution is 2.33. The van der Waals surface area contributed by atoms with E-state index in [2.05, 4.69) is 17.4 Å². The number of imide groups is 1. The zero-order valence-electron chi connectivity index (χ0n) is 13.4. The lowest BCUT2D eigenvalue weighted by atomic mass is 9.83. The first-order valence-electron chi connectivity index (χ1n) is 8.23. The second kappa shape index (κ2) is 7.60. The monoisotopic (exact) mass is 330 g/mol. The van der Waals surface area contributed by atoms with Crippen LogP contribution in [-0.2, 0) is 14.4 Å². The zero-order valence-corrected chi connectivity index (χ0v) is 13.4. The van der Waals surface area contributed by atoms with E-state index in [1.54, 1.807) is 0 Å². The molecule has 5 heteroatoms. The summed E-state index contributed by atoms with van der Waals surface area (Å²) in [6.07, 6.45) is 4.07. The van der Waals surface area contributed by atoms with E-state index in [4.69, 9.17) is 0 Å². The molecular weight excluding hydrogens is 304 g/mol. The molecule has 1 aromatic rings. The summed E-state index contributed by atoms with van der Waals surface area (Å²) < 4.78 is 0. The van der Waals surface area contributed by atoms with E-state index >= 15 is 0 Å². The predicted octanol–water partition coefficient (Wildman–Crippen LogP) is 2.79. The van der Waals surface area contributed by atoms with Crippen LogP contribution in [0.3, 0.4) is 0 Å². The number of amides is 2. The quantitative estimate of drug-likeness (QED) is 0.866. The second-order valence-electron chi connectivity index (χ2n) is 6.49. The first-order valence-corrected chi connectivity index (χ1v) is 8.23.